The Morgan fingerprint density at radius 3 is 2.15 bits per heavy atom. The maximum absolute atomic E-state index is 6.08. The van der Waals surface area contributed by atoms with Gasteiger partial charge in [0.15, 0.2) is 0 Å². The Balaban J connectivity index is 1.68. The fourth-order valence-electron chi connectivity index (χ4n) is 3.76. The van der Waals surface area contributed by atoms with Crippen LogP contribution in [0.1, 0.15) is 26.7 Å². The average Bonchev–Trinajstić information content (AvgIpc) is 3.33. The minimum Gasteiger partial charge on any atom is -0.478 e. The van der Waals surface area contributed by atoms with Crippen molar-refractivity contribution in [3.05, 3.63) is 60.7 Å². The highest BCUT2D eigenvalue weighted by Gasteiger charge is 2.39. The number of benzene rings is 2. The van der Waals surface area contributed by atoms with E-state index in [0.29, 0.717) is 18.0 Å². The van der Waals surface area contributed by atoms with Crippen molar-refractivity contribution in [1.82, 2.24) is 4.67 Å². The largest absolute Gasteiger partial charge is 0.478 e. The quantitative estimate of drug-likeness (QED) is 0.749. The van der Waals surface area contributed by atoms with Crippen molar-refractivity contribution in [2.24, 2.45) is 10.9 Å². The van der Waals surface area contributed by atoms with E-state index < -0.39 is 8.07 Å². The summed E-state index contributed by atoms with van der Waals surface area (Å²) in [6.07, 6.45) is 2.35. The van der Waals surface area contributed by atoms with Crippen LogP contribution in [0.4, 0.5) is 0 Å². The zero-order chi connectivity index (χ0) is 17.9. The molecule has 4 heteroatoms. The summed E-state index contributed by atoms with van der Waals surface area (Å²) in [5.41, 5.74) is 0. The van der Waals surface area contributed by atoms with E-state index in [9.17, 15) is 0 Å². The van der Waals surface area contributed by atoms with Gasteiger partial charge in [-0.05, 0) is 29.4 Å². The van der Waals surface area contributed by atoms with Gasteiger partial charge in [0, 0.05) is 14.6 Å². The van der Waals surface area contributed by atoms with Crippen molar-refractivity contribution in [3.63, 3.8) is 0 Å². The molecule has 2 aromatic rings. The van der Waals surface area contributed by atoms with E-state index in [-0.39, 0.29) is 0 Å². The molecule has 0 radical (unpaired) electrons. The van der Waals surface area contributed by atoms with Crippen LogP contribution in [0.5, 0.6) is 0 Å². The van der Waals surface area contributed by atoms with E-state index in [1.54, 1.807) is 0 Å². The first-order valence-corrected chi connectivity index (χ1v) is 10.9. The van der Waals surface area contributed by atoms with E-state index in [4.69, 9.17) is 9.73 Å². The summed E-state index contributed by atoms with van der Waals surface area (Å²) in [7, 11) is -0.565. The third-order valence-electron chi connectivity index (χ3n) is 5.23. The summed E-state index contributed by atoms with van der Waals surface area (Å²) in [6.45, 7) is 6.31. The number of rotatable bonds is 5. The summed E-state index contributed by atoms with van der Waals surface area (Å²) in [4.78, 5) is 4.95. The molecule has 0 N–H and O–H groups in total. The molecule has 2 atom stereocenters. The molecule has 2 aliphatic rings. The minimum absolute atomic E-state index is 0.310. The van der Waals surface area contributed by atoms with Crippen molar-refractivity contribution in [3.8, 4) is 0 Å². The van der Waals surface area contributed by atoms with Crippen LogP contribution >= 0.6 is 8.07 Å². The number of aliphatic imine (C=N–C) groups is 1. The number of hydrogen-bond acceptors (Lipinski definition) is 3. The van der Waals surface area contributed by atoms with Crippen LogP contribution in [0, 0.1) is 5.92 Å². The summed E-state index contributed by atoms with van der Waals surface area (Å²) >= 11 is 0. The summed E-state index contributed by atoms with van der Waals surface area (Å²) in [6, 6.07) is 22.5. The standard InChI is InChI=1S/C22H27N2OP/c1-17(2)20-16-25-22(23-20)21-14-9-15-24(21)26(18-10-5-3-6-11-18)19-12-7-4-8-13-19/h3-8,10-13,17,20-21H,9,14-16H2,1-2H3/t20-,21-/m0/s1. The molecule has 0 spiro atoms. The second-order valence-corrected chi connectivity index (χ2v) is 9.56. The van der Waals surface area contributed by atoms with Crippen LogP contribution in [0.15, 0.2) is 65.7 Å². The van der Waals surface area contributed by atoms with Crippen LogP contribution < -0.4 is 10.6 Å². The monoisotopic (exact) mass is 366 g/mol. The molecule has 4 rings (SSSR count). The fourth-order valence-corrected chi connectivity index (χ4v) is 6.39. The van der Waals surface area contributed by atoms with Gasteiger partial charge in [0.1, 0.15) is 6.61 Å². The SMILES string of the molecule is CC(C)[C@@H]1COC([C@@H]2CCCN2P(c2ccccc2)c2ccccc2)=N1. The molecular formula is C22H27N2OP. The van der Waals surface area contributed by atoms with Crippen LogP contribution in [0.2, 0.25) is 0 Å². The molecule has 26 heavy (non-hydrogen) atoms. The normalized spacial score (nSPS) is 23.5. The lowest BCUT2D eigenvalue weighted by molar-refractivity contribution is 0.273. The first kappa shape index (κ1) is 17.7. The van der Waals surface area contributed by atoms with Gasteiger partial charge in [-0.15, -0.1) is 0 Å². The zero-order valence-corrected chi connectivity index (χ0v) is 16.5. The Hall–Kier alpha value is -1.70. The second kappa shape index (κ2) is 7.90. The first-order valence-electron chi connectivity index (χ1n) is 9.61. The number of hydrogen-bond donors (Lipinski definition) is 0. The Morgan fingerprint density at radius 2 is 1.62 bits per heavy atom. The molecule has 2 aliphatic heterocycles. The Bertz CT molecular complexity index is 708. The highest BCUT2D eigenvalue weighted by Crippen LogP contribution is 2.44. The molecular weight excluding hydrogens is 339 g/mol. The molecule has 1 saturated heterocycles. The molecule has 0 aliphatic carbocycles. The topological polar surface area (TPSA) is 24.8 Å². The first-order chi connectivity index (χ1) is 12.7. The van der Waals surface area contributed by atoms with Crippen LogP contribution in [0.3, 0.4) is 0 Å². The summed E-state index contributed by atoms with van der Waals surface area (Å²) < 4.78 is 8.74. The average molecular weight is 366 g/mol. The molecule has 0 bridgehead atoms. The lowest BCUT2D eigenvalue weighted by Crippen LogP contribution is -2.37. The third-order valence-corrected chi connectivity index (χ3v) is 7.80. The molecule has 136 valence electrons. The summed E-state index contributed by atoms with van der Waals surface area (Å²) in [5, 5.41) is 2.80. The smallest absolute Gasteiger partial charge is 0.201 e. The molecule has 2 aromatic carbocycles. The number of nitrogens with zero attached hydrogens (tertiary/aromatic N) is 2. The molecule has 0 amide bonds. The molecule has 3 nitrogen and oxygen atoms in total. The van der Waals surface area contributed by atoms with Crippen molar-refractivity contribution < 1.29 is 4.74 Å². The van der Waals surface area contributed by atoms with Gasteiger partial charge in [-0.2, -0.15) is 0 Å². The lowest BCUT2D eigenvalue weighted by atomic mass is 10.1. The number of ether oxygens (including phenoxy) is 1. The predicted molar refractivity (Wildman–Crippen MR) is 111 cm³/mol. The van der Waals surface area contributed by atoms with Crippen LogP contribution in [-0.4, -0.2) is 35.8 Å². The van der Waals surface area contributed by atoms with Gasteiger partial charge in [0.25, 0.3) is 0 Å². The zero-order valence-electron chi connectivity index (χ0n) is 15.6. The predicted octanol–water partition coefficient (Wildman–Crippen LogP) is 3.95. The third kappa shape index (κ3) is 3.56. The van der Waals surface area contributed by atoms with Gasteiger partial charge < -0.3 is 4.74 Å². The van der Waals surface area contributed by atoms with Gasteiger partial charge in [-0.1, -0.05) is 74.5 Å². The maximum Gasteiger partial charge on any atom is 0.201 e. The van der Waals surface area contributed by atoms with Gasteiger partial charge in [0.05, 0.1) is 12.1 Å². The van der Waals surface area contributed by atoms with E-state index in [1.807, 2.05) is 0 Å². The second-order valence-electron chi connectivity index (χ2n) is 7.39. The van der Waals surface area contributed by atoms with Gasteiger partial charge in [-0.25, -0.2) is 4.99 Å². The highest BCUT2D eigenvalue weighted by molar-refractivity contribution is 7.70. The van der Waals surface area contributed by atoms with E-state index in [1.165, 1.54) is 17.0 Å². The van der Waals surface area contributed by atoms with Crippen molar-refractivity contribution in [2.75, 3.05) is 13.2 Å². The van der Waals surface area contributed by atoms with Crippen molar-refractivity contribution >= 4 is 24.6 Å². The molecule has 0 saturated carbocycles. The molecule has 1 fully saturated rings. The fraction of sp³-hybridized carbons (Fsp3) is 0.409. The minimum atomic E-state index is -0.565. The Labute approximate surface area is 157 Å². The van der Waals surface area contributed by atoms with E-state index in [2.05, 4.69) is 79.2 Å². The van der Waals surface area contributed by atoms with Crippen LogP contribution in [0.25, 0.3) is 0 Å². The molecule has 0 aromatic heterocycles. The molecule has 2 heterocycles. The summed E-state index contributed by atoms with van der Waals surface area (Å²) in [5.74, 6) is 1.51. The van der Waals surface area contributed by atoms with E-state index in [0.717, 1.165) is 25.5 Å². The lowest BCUT2D eigenvalue weighted by Gasteiger charge is -2.33. The molecule has 0 unspecified atom stereocenters. The van der Waals surface area contributed by atoms with Crippen molar-refractivity contribution in [2.45, 2.75) is 38.8 Å². The Kier molecular flexibility index (Phi) is 5.38. The van der Waals surface area contributed by atoms with E-state index >= 15 is 0 Å². The highest BCUT2D eigenvalue weighted by atomic mass is 31.1. The Morgan fingerprint density at radius 1 is 1.00 bits per heavy atom. The maximum atomic E-state index is 6.08. The van der Waals surface area contributed by atoms with Gasteiger partial charge >= 0.3 is 0 Å². The van der Waals surface area contributed by atoms with Gasteiger partial charge in [0.2, 0.25) is 5.90 Å². The van der Waals surface area contributed by atoms with Crippen LogP contribution in [-0.2, 0) is 4.74 Å². The van der Waals surface area contributed by atoms with Gasteiger partial charge in [-0.3, -0.25) is 4.67 Å². The van der Waals surface area contributed by atoms with Crippen molar-refractivity contribution in [1.29, 1.82) is 0 Å².